The Morgan fingerprint density at radius 2 is 2.18 bits per heavy atom. The Morgan fingerprint density at radius 3 is 2.96 bits per heavy atom. The summed E-state index contributed by atoms with van der Waals surface area (Å²) in [6.07, 6.45) is 4.50. The summed E-state index contributed by atoms with van der Waals surface area (Å²) in [6.45, 7) is 3.61. The number of hydrogen-bond acceptors (Lipinski definition) is 6. The summed E-state index contributed by atoms with van der Waals surface area (Å²) in [5.41, 5.74) is 1.60. The number of hydrogen-bond donors (Lipinski definition) is 1. The Labute approximate surface area is 159 Å². The number of anilines is 1. The molecule has 5 rings (SSSR count). The number of rotatable bonds is 0. The molecule has 1 N–H and O–H groups in total. The van der Waals surface area contributed by atoms with Gasteiger partial charge in [0.15, 0.2) is 5.65 Å². The molecule has 1 aliphatic heterocycles. The zero-order valence-electron chi connectivity index (χ0n) is 15.2. The quantitative estimate of drug-likeness (QED) is 0.601. The van der Waals surface area contributed by atoms with Gasteiger partial charge in [0.2, 0.25) is 12.2 Å². The molecule has 1 spiro atoms. The zero-order valence-corrected chi connectivity index (χ0v) is 15.2. The van der Waals surface area contributed by atoms with Crippen LogP contribution in [0.4, 0.5) is 14.6 Å². The van der Waals surface area contributed by atoms with Gasteiger partial charge in [0.25, 0.3) is 0 Å². The Balaban J connectivity index is 1.70. The van der Waals surface area contributed by atoms with Gasteiger partial charge in [-0.3, -0.25) is 0 Å². The molecule has 28 heavy (non-hydrogen) atoms. The summed E-state index contributed by atoms with van der Waals surface area (Å²) in [7, 11) is 1.90. The van der Waals surface area contributed by atoms with Crippen molar-refractivity contribution in [1.29, 1.82) is 0 Å². The van der Waals surface area contributed by atoms with Crippen molar-refractivity contribution in [2.45, 2.75) is 24.7 Å². The first-order valence-corrected chi connectivity index (χ1v) is 8.95. The lowest BCUT2D eigenvalue weighted by Crippen LogP contribution is -2.33. The summed E-state index contributed by atoms with van der Waals surface area (Å²) in [6, 6.07) is 3.25. The Kier molecular flexibility index (Phi) is 3.55. The highest BCUT2D eigenvalue weighted by Crippen LogP contribution is 2.54. The van der Waals surface area contributed by atoms with Gasteiger partial charge in [-0.2, -0.15) is 5.10 Å². The lowest BCUT2D eigenvalue weighted by Gasteiger charge is -2.30. The molecule has 0 radical (unpaired) electrons. The lowest BCUT2D eigenvalue weighted by atomic mass is 10.0. The second-order valence-electron chi connectivity index (χ2n) is 7.11. The molecule has 1 atom stereocenters. The smallest absolute Gasteiger partial charge is 0.219 e. The van der Waals surface area contributed by atoms with Crippen molar-refractivity contribution in [1.82, 2.24) is 24.9 Å². The minimum atomic E-state index is -1.53. The first-order chi connectivity index (χ1) is 13.5. The Bertz CT molecular complexity index is 1090. The number of ether oxygens (including phenoxy) is 1. The van der Waals surface area contributed by atoms with E-state index in [1.807, 2.05) is 18.0 Å². The third-order valence-electron chi connectivity index (χ3n) is 5.41. The molecule has 9 heteroatoms. The van der Waals surface area contributed by atoms with E-state index in [1.165, 1.54) is 6.07 Å². The summed E-state index contributed by atoms with van der Waals surface area (Å²) in [5, 5.41) is 6.92. The predicted octanol–water partition coefficient (Wildman–Crippen LogP) is 2.64. The standard InChI is InChI=1S/C19H18F2N6O/c1-11-13-9-23-27-6-3-16(25-17(13)27)26(2)19(4-5-19)14-7-12(20)8-22-18(14)28-10-15(21)24-11/h3,6-9,15,24H,1,4-5,10H2,2H3. The van der Waals surface area contributed by atoms with E-state index in [-0.39, 0.29) is 12.5 Å². The highest BCUT2D eigenvalue weighted by Gasteiger charge is 2.51. The van der Waals surface area contributed by atoms with E-state index in [2.05, 4.69) is 22.0 Å². The van der Waals surface area contributed by atoms with Crippen LogP contribution in [0.15, 0.2) is 37.3 Å². The molecule has 0 aromatic carbocycles. The summed E-state index contributed by atoms with van der Waals surface area (Å²) < 4.78 is 35.7. The van der Waals surface area contributed by atoms with E-state index in [0.717, 1.165) is 19.0 Å². The Morgan fingerprint density at radius 1 is 1.36 bits per heavy atom. The van der Waals surface area contributed by atoms with Crippen LogP contribution < -0.4 is 15.0 Å². The van der Waals surface area contributed by atoms with Crippen molar-refractivity contribution >= 4 is 17.2 Å². The van der Waals surface area contributed by atoms with E-state index in [9.17, 15) is 8.78 Å². The third kappa shape index (κ3) is 2.49. The lowest BCUT2D eigenvalue weighted by molar-refractivity contribution is 0.174. The number of nitrogens with one attached hydrogen (secondary N) is 1. The molecule has 2 bridgehead atoms. The van der Waals surface area contributed by atoms with E-state index in [4.69, 9.17) is 9.72 Å². The van der Waals surface area contributed by atoms with Crippen LogP contribution in [0.3, 0.4) is 0 Å². The fourth-order valence-electron chi connectivity index (χ4n) is 3.72. The molecule has 0 saturated heterocycles. The highest BCUT2D eigenvalue weighted by atomic mass is 19.1. The van der Waals surface area contributed by atoms with Crippen molar-refractivity contribution in [3.8, 4) is 5.88 Å². The summed E-state index contributed by atoms with van der Waals surface area (Å²) in [4.78, 5) is 10.8. The average molecular weight is 384 g/mol. The van der Waals surface area contributed by atoms with Gasteiger partial charge in [0.05, 0.1) is 23.5 Å². The van der Waals surface area contributed by atoms with Crippen LogP contribution in [-0.4, -0.2) is 39.5 Å². The van der Waals surface area contributed by atoms with Gasteiger partial charge < -0.3 is 15.0 Å². The number of alkyl halides is 1. The Hall–Kier alpha value is -3.23. The molecule has 3 aromatic heterocycles. The molecular formula is C19H18F2N6O. The largest absolute Gasteiger partial charge is 0.472 e. The van der Waals surface area contributed by atoms with Crippen LogP contribution in [0.2, 0.25) is 0 Å². The van der Waals surface area contributed by atoms with Crippen LogP contribution >= 0.6 is 0 Å². The second kappa shape index (κ2) is 5.88. The fraction of sp³-hybridized carbons (Fsp3) is 0.316. The molecule has 144 valence electrons. The van der Waals surface area contributed by atoms with E-state index < -0.39 is 17.7 Å². The van der Waals surface area contributed by atoms with E-state index in [1.54, 1.807) is 16.9 Å². The van der Waals surface area contributed by atoms with Crippen molar-refractivity contribution in [2.24, 2.45) is 0 Å². The molecule has 1 aliphatic carbocycles. The molecule has 1 fully saturated rings. The van der Waals surface area contributed by atoms with Crippen molar-refractivity contribution in [2.75, 3.05) is 18.6 Å². The van der Waals surface area contributed by atoms with E-state index >= 15 is 0 Å². The molecule has 0 amide bonds. The fourth-order valence-corrected chi connectivity index (χ4v) is 3.72. The molecule has 2 aliphatic rings. The van der Waals surface area contributed by atoms with Crippen molar-refractivity contribution in [3.63, 3.8) is 0 Å². The summed E-state index contributed by atoms with van der Waals surface area (Å²) >= 11 is 0. The minimum Gasteiger partial charge on any atom is -0.472 e. The first kappa shape index (κ1) is 16.9. The maximum atomic E-state index is 14.5. The molecule has 3 aromatic rings. The number of halogens is 2. The molecule has 1 unspecified atom stereocenters. The molecular weight excluding hydrogens is 366 g/mol. The van der Waals surface area contributed by atoms with Gasteiger partial charge in [0.1, 0.15) is 18.2 Å². The van der Waals surface area contributed by atoms with Gasteiger partial charge in [0, 0.05) is 24.5 Å². The van der Waals surface area contributed by atoms with Crippen LogP contribution in [0.25, 0.3) is 11.3 Å². The number of fused-ring (bicyclic) bond motifs is 3. The zero-order chi connectivity index (χ0) is 19.5. The summed E-state index contributed by atoms with van der Waals surface area (Å²) in [5.74, 6) is 0.450. The number of pyridine rings is 1. The van der Waals surface area contributed by atoms with Crippen LogP contribution in [0.1, 0.15) is 24.0 Å². The van der Waals surface area contributed by atoms with Crippen molar-refractivity contribution in [3.05, 3.63) is 54.2 Å². The molecule has 7 nitrogen and oxygen atoms in total. The molecule has 4 heterocycles. The minimum absolute atomic E-state index is 0.226. The van der Waals surface area contributed by atoms with Gasteiger partial charge in [-0.1, -0.05) is 6.58 Å². The number of nitrogens with zero attached hydrogens (tertiary/aromatic N) is 5. The number of aromatic nitrogens is 4. The average Bonchev–Trinajstić information content (AvgIpc) is 3.38. The van der Waals surface area contributed by atoms with Crippen LogP contribution in [0.5, 0.6) is 5.88 Å². The topological polar surface area (TPSA) is 67.6 Å². The monoisotopic (exact) mass is 384 g/mol. The molecule has 1 saturated carbocycles. The van der Waals surface area contributed by atoms with Gasteiger partial charge in [-0.25, -0.2) is 23.3 Å². The maximum absolute atomic E-state index is 14.5. The van der Waals surface area contributed by atoms with Crippen LogP contribution in [0, 0.1) is 5.82 Å². The van der Waals surface area contributed by atoms with Gasteiger partial charge in [-0.15, -0.1) is 0 Å². The highest BCUT2D eigenvalue weighted by molar-refractivity contribution is 5.74. The second-order valence-corrected chi connectivity index (χ2v) is 7.11. The van der Waals surface area contributed by atoms with E-state index in [0.29, 0.717) is 28.3 Å². The van der Waals surface area contributed by atoms with Crippen molar-refractivity contribution < 1.29 is 13.5 Å². The predicted molar refractivity (Wildman–Crippen MR) is 99.1 cm³/mol. The maximum Gasteiger partial charge on any atom is 0.219 e. The van der Waals surface area contributed by atoms with Crippen LogP contribution in [-0.2, 0) is 5.54 Å². The SMILES string of the molecule is C=C1NC(F)COc2ncc(F)cc2C2(CC2)N(C)c2ccn3ncc1c3n2. The first-order valence-electron chi connectivity index (χ1n) is 8.95. The van der Waals surface area contributed by atoms with Gasteiger partial charge in [-0.05, 0) is 25.0 Å². The normalized spacial score (nSPS) is 20.8. The van der Waals surface area contributed by atoms with Gasteiger partial charge >= 0.3 is 0 Å². The third-order valence-corrected chi connectivity index (χ3v) is 5.41.